The maximum absolute atomic E-state index is 13.5. The van der Waals surface area contributed by atoms with Crippen LogP contribution in [-0.2, 0) is 11.0 Å². The van der Waals surface area contributed by atoms with Gasteiger partial charge in [0.25, 0.3) is 5.91 Å². The zero-order valence-electron chi connectivity index (χ0n) is 20.2. The second-order valence-electron chi connectivity index (χ2n) is 9.61. The number of rotatable bonds is 4. The maximum Gasteiger partial charge on any atom is 0.417 e. The summed E-state index contributed by atoms with van der Waals surface area (Å²) < 4.78 is 40.6. The van der Waals surface area contributed by atoms with E-state index in [2.05, 4.69) is 4.98 Å². The van der Waals surface area contributed by atoms with Crippen molar-refractivity contribution in [1.29, 1.82) is 5.26 Å². The molecule has 10 heteroatoms. The molecule has 7 nitrogen and oxygen atoms in total. The summed E-state index contributed by atoms with van der Waals surface area (Å²) in [5, 5.41) is 9.11. The number of likely N-dealkylation sites (tertiary alicyclic amines) is 1. The van der Waals surface area contributed by atoms with Gasteiger partial charge in [-0.05, 0) is 55.0 Å². The largest absolute Gasteiger partial charge is 0.417 e. The fraction of sp³-hybridized carbons (Fsp3) is 0.462. The average molecular weight is 500 g/mol. The highest BCUT2D eigenvalue weighted by molar-refractivity contribution is 5.94. The van der Waals surface area contributed by atoms with Gasteiger partial charge in [-0.2, -0.15) is 18.4 Å². The highest BCUT2D eigenvalue weighted by Crippen LogP contribution is 2.40. The topological polar surface area (TPSA) is 80.5 Å². The molecule has 1 aromatic heterocycles. The van der Waals surface area contributed by atoms with Crippen LogP contribution in [0, 0.1) is 29.1 Å². The number of carbonyl (C=O) groups excluding carboxylic acids is 2. The van der Waals surface area contributed by atoms with Gasteiger partial charge in [0.2, 0.25) is 5.91 Å². The monoisotopic (exact) mass is 499 g/mol. The first-order valence-electron chi connectivity index (χ1n) is 11.9. The number of benzene rings is 1. The van der Waals surface area contributed by atoms with Crippen LogP contribution in [0.4, 0.5) is 18.9 Å². The molecule has 190 valence electrons. The van der Waals surface area contributed by atoms with E-state index in [1.54, 1.807) is 49.6 Å². The number of carbonyl (C=O) groups is 2. The van der Waals surface area contributed by atoms with Crippen molar-refractivity contribution in [3.05, 3.63) is 59.4 Å². The Balaban J connectivity index is 1.52. The number of alkyl halides is 3. The predicted octanol–water partition coefficient (Wildman–Crippen LogP) is 3.67. The van der Waals surface area contributed by atoms with Crippen LogP contribution in [0.3, 0.4) is 0 Å². The fourth-order valence-corrected chi connectivity index (χ4v) is 5.38. The number of aromatic nitrogens is 1. The van der Waals surface area contributed by atoms with E-state index >= 15 is 0 Å². The molecule has 2 aliphatic heterocycles. The van der Waals surface area contributed by atoms with Crippen molar-refractivity contribution in [3.8, 4) is 6.07 Å². The lowest BCUT2D eigenvalue weighted by Crippen LogP contribution is -2.43. The van der Waals surface area contributed by atoms with Crippen LogP contribution in [0.5, 0.6) is 0 Å². The van der Waals surface area contributed by atoms with Crippen LogP contribution in [0.25, 0.3) is 0 Å². The van der Waals surface area contributed by atoms with E-state index in [4.69, 9.17) is 5.26 Å². The van der Waals surface area contributed by atoms with Gasteiger partial charge in [-0.1, -0.05) is 0 Å². The minimum absolute atomic E-state index is 0.0527. The highest BCUT2D eigenvalue weighted by atomic mass is 19.4. The Morgan fingerprint density at radius 2 is 1.75 bits per heavy atom. The Morgan fingerprint density at radius 1 is 1.08 bits per heavy atom. The molecule has 2 amide bonds. The predicted molar refractivity (Wildman–Crippen MR) is 127 cm³/mol. The Hall–Kier alpha value is -3.61. The minimum atomic E-state index is -4.65. The zero-order valence-corrected chi connectivity index (χ0v) is 20.2. The molecule has 0 unspecified atom stereocenters. The standard InChI is InChI=1S/C26H28F3N5O2/c1-32(2)25(36)22-16-34(20-4-3-19(14-30)23(13-20)26(27,28)29)15-21(22)17-7-11-33(12-8-17)24(35)18-5-9-31-10-6-18/h3-6,9-10,13,17,21-22H,7-8,11-12,15-16H2,1-2H3/t21-,22+/m0/s1. The number of halogens is 3. The summed E-state index contributed by atoms with van der Waals surface area (Å²) in [6.07, 6.45) is -0.0511. The van der Waals surface area contributed by atoms with Crippen molar-refractivity contribution in [2.24, 2.45) is 17.8 Å². The third kappa shape index (κ3) is 5.15. The third-order valence-corrected chi connectivity index (χ3v) is 7.28. The Kier molecular flexibility index (Phi) is 7.20. The summed E-state index contributed by atoms with van der Waals surface area (Å²) in [6.45, 7) is 1.86. The lowest BCUT2D eigenvalue weighted by atomic mass is 9.78. The molecule has 2 fully saturated rings. The summed E-state index contributed by atoms with van der Waals surface area (Å²) in [6, 6.07) is 8.69. The molecule has 36 heavy (non-hydrogen) atoms. The zero-order chi connectivity index (χ0) is 26.0. The molecule has 2 aromatic rings. The van der Waals surface area contributed by atoms with Crippen LogP contribution >= 0.6 is 0 Å². The molecule has 0 aliphatic carbocycles. The van der Waals surface area contributed by atoms with E-state index in [1.165, 1.54) is 17.0 Å². The average Bonchev–Trinajstić information content (AvgIpc) is 3.33. The second kappa shape index (κ2) is 10.2. The van der Waals surface area contributed by atoms with Crippen LogP contribution < -0.4 is 4.90 Å². The molecule has 0 spiro atoms. The van der Waals surface area contributed by atoms with E-state index in [-0.39, 0.29) is 29.6 Å². The van der Waals surface area contributed by atoms with E-state index < -0.39 is 17.3 Å². The van der Waals surface area contributed by atoms with Crippen molar-refractivity contribution >= 4 is 17.5 Å². The number of piperidine rings is 1. The molecule has 2 saturated heterocycles. The molecule has 4 rings (SSSR count). The van der Waals surface area contributed by atoms with E-state index in [0.29, 0.717) is 50.3 Å². The fourth-order valence-electron chi connectivity index (χ4n) is 5.38. The lowest BCUT2D eigenvalue weighted by Gasteiger charge is -2.36. The smallest absolute Gasteiger partial charge is 0.370 e. The number of hydrogen-bond acceptors (Lipinski definition) is 5. The van der Waals surface area contributed by atoms with E-state index in [9.17, 15) is 22.8 Å². The number of nitriles is 1. The van der Waals surface area contributed by atoms with Gasteiger partial charge in [-0.15, -0.1) is 0 Å². The molecular weight excluding hydrogens is 471 g/mol. The van der Waals surface area contributed by atoms with Gasteiger partial charge < -0.3 is 14.7 Å². The summed E-state index contributed by atoms with van der Waals surface area (Å²) in [5.41, 5.74) is -0.457. The van der Waals surface area contributed by atoms with E-state index in [1.807, 2.05) is 4.90 Å². The molecule has 3 heterocycles. The summed E-state index contributed by atoms with van der Waals surface area (Å²) in [5.74, 6) is -0.365. The van der Waals surface area contributed by atoms with Crippen molar-refractivity contribution in [2.75, 3.05) is 45.2 Å². The quantitative estimate of drug-likeness (QED) is 0.642. The van der Waals surface area contributed by atoms with Gasteiger partial charge in [-0.3, -0.25) is 14.6 Å². The highest BCUT2D eigenvalue weighted by Gasteiger charge is 2.44. The molecule has 0 N–H and O–H groups in total. The van der Waals surface area contributed by atoms with Crippen LogP contribution in [-0.4, -0.2) is 66.9 Å². The molecule has 1 aromatic carbocycles. The molecule has 0 radical (unpaired) electrons. The van der Waals surface area contributed by atoms with Crippen molar-refractivity contribution < 1.29 is 22.8 Å². The second-order valence-corrected chi connectivity index (χ2v) is 9.61. The van der Waals surface area contributed by atoms with Gasteiger partial charge in [0.05, 0.1) is 23.1 Å². The number of nitrogens with zero attached hydrogens (tertiary/aromatic N) is 5. The number of anilines is 1. The summed E-state index contributed by atoms with van der Waals surface area (Å²) >= 11 is 0. The molecule has 2 atom stereocenters. The number of pyridine rings is 1. The number of hydrogen-bond donors (Lipinski definition) is 0. The van der Waals surface area contributed by atoms with Crippen LogP contribution in [0.1, 0.15) is 34.3 Å². The van der Waals surface area contributed by atoms with Crippen molar-refractivity contribution in [2.45, 2.75) is 19.0 Å². The molecule has 0 saturated carbocycles. The van der Waals surface area contributed by atoms with Crippen molar-refractivity contribution in [1.82, 2.24) is 14.8 Å². The Bertz CT molecular complexity index is 1150. The van der Waals surface area contributed by atoms with Gasteiger partial charge in [0.15, 0.2) is 0 Å². The molecule has 2 aliphatic rings. The molecular formula is C26H28F3N5O2. The van der Waals surface area contributed by atoms with Gasteiger partial charge >= 0.3 is 6.18 Å². The third-order valence-electron chi connectivity index (χ3n) is 7.28. The van der Waals surface area contributed by atoms with Gasteiger partial charge in [-0.25, -0.2) is 0 Å². The van der Waals surface area contributed by atoms with E-state index in [0.717, 1.165) is 6.07 Å². The SMILES string of the molecule is CN(C)C(=O)[C@@H]1CN(c2ccc(C#N)c(C(F)(F)F)c2)C[C@H]1C1CCN(C(=O)c2ccncc2)CC1. The number of amides is 2. The summed E-state index contributed by atoms with van der Waals surface area (Å²) in [4.78, 5) is 35.0. The first-order valence-corrected chi connectivity index (χ1v) is 11.9. The lowest BCUT2D eigenvalue weighted by molar-refractivity contribution is -0.137. The minimum Gasteiger partial charge on any atom is -0.370 e. The first-order chi connectivity index (χ1) is 17.1. The van der Waals surface area contributed by atoms with Gasteiger partial charge in [0, 0.05) is 63.9 Å². The normalized spacial score (nSPS) is 20.8. The Labute approximate surface area is 208 Å². The van der Waals surface area contributed by atoms with Crippen LogP contribution in [0.15, 0.2) is 42.7 Å². The maximum atomic E-state index is 13.5. The first kappa shape index (κ1) is 25.5. The van der Waals surface area contributed by atoms with Gasteiger partial charge in [0.1, 0.15) is 0 Å². The summed E-state index contributed by atoms with van der Waals surface area (Å²) in [7, 11) is 3.36. The molecule has 0 bridgehead atoms. The van der Waals surface area contributed by atoms with Crippen molar-refractivity contribution in [3.63, 3.8) is 0 Å². The van der Waals surface area contributed by atoms with Crippen LogP contribution in [0.2, 0.25) is 0 Å². The Morgan fingerprint density at radius 3 is 2.33 bits per heavy atom.